The fourth-order valence-corrected chi connectivity index (χ4v) is 3.60. The lowest BCUT2D eigenvalue weighted by atomic mass is 9.91. The van der Waals surface area contributed by atoms with Crippen molar-refractivity contribution in [2.75, 3.05) is 15.5 Å². The number of para-hydroxylation sites is 1. The van der Waals surface area contributed by atoms with E-state index in [1.165, 1.54) is 0 Å². The summed E-state index contributed by atoms with van der Waals surface area (Å²) >= 11 is 0. The van der Waals surface area contributed by atoms with Crippen LogP contribution in [-0.4, -0.2) is 17.9 Å². The third-order valence-electron chi connectivity index (χ3n) is 4.99. The smallest absolute Gasteiger partial charge is 0.226 e. The van der Waals surface area contributed by atoms with Gasteiger partial charge in [0.1, 0.15) is 0 Å². The molecule has 3 rings (SSSR count). The Bertz CT molecular complexity index is 817. The second kappa shape index (κ2) is 8.25. The lowest BCUT2D eigenvalue weighted by Gasteiger charge is -2.40. The molecule has 1 aliphatic heterocycles. The average molecular weight is 365 g/mol. The highest BCUT2D eigenvalue weighted by molar-refractivity contribution is 5.95. The van der Waals surface area contributed by atoms with Gasteiger partial charge in [-0.25, -0.2) is 0 Å². The first-order valence-corrected chi connectivity index (χ1v) is 9.60. The van der Waals surface area contributed by atoms with Crippen molar-refractivity contribution in [3.8, 4) is 0 Å². The molecule has 0 bridgehead atoms. The molecule has 0 saturated heterocycles. The van der Waals surface area contributed by atoms with E-state index in [2.05, 4.69) is 23.6 Å². The molecule has 0 aliphatic carbocycles. The molecule has 27 heavy (non-hydrogen) atoms. The minimum absolute atomic E-state index is 0.00595. The molecule has 0 saturated carbocycles. The number of hydrogen-bond donors (Lipinski definition) is 2. The molecule has 0 unspecified atom stereocenters. The predicted octanol–water partition coefficient (Wildman–Crippen LogP) is 4.72. The topological polar surface area (TPSA) is 61.4 Å². The SMILES string of the molecule is CCC(=O)Nc1ccc(N[C@@H]2C[C@H](C)N(C(=O)CC)c3ccccc32)cc1. The Morgan fingerprint density at radius 1 is 1.00 bits per heavy atom. The average Bonchev–Trinajstić information content (AvgIpc) is 2.69. The molecule has 142 valence electrons. The largest absolute Gasteiger partial charge is 0.378 e. The number of benzene rings is 2. The lowest BCUT2D eigenvalue weighted by molar-refractivity contribution is -0.119. The van der Waals surface area contributed by atoms with Gasteiger partial charge in [-0.05, 0) is 49.2 Å². The molecule has 0 radical (unpaired) electrons. The fourth-order valence-electron chi connectivity index (χ4n) is 3.60. The third kappa shape index (κ3) is 4.13. The van der Waals surface area contributed by atoms with E-state index in [0.29, 0.717) is 12.8 Å². The van der Waals surface area contributed by atoms with Gasteiger partial charge in [0.25, 0.3) is 0 Å². The van der Waals surface area contributed by atoms with E-state index in [1.807, 2.05) is 61.2 Å². The van der Waals surface area contributed by atoms with Crippen molar-refractivity contribution < 1.29 is 9.59 Å². The van der Waals surface area contributed by atoms with Crippen LogP contribution >= 0.6 is 0 Å². The fraction of sp³-hybridized carbons (Fsp3) is 0.364. The molecule has 0 spiro atoms. The Kier molecular flexibility index (Phi) is 5.79. The van der Waals surface area contributed by atoms with E-state index < -0.39 is 0 Å². The molecule has 1 aliphatic rings. The van der Waals surface area contributed by atoms with Gasteiger partial charge < -0.3 is 15.5 Å². The van der Waals surface area contributed by atoms with Gasteiger partial charge in [-0.1, -0.05) is 32.0 Å². The van der Waals surface area contributed by atoms with Crippen LogP contribution in [-0.2, 0) is 9.59 Å². The van der Waals surface area contributed by atoms with E-state index in [-0.39, 0.29) is 23.9 Å². The standard InChI is InChI=1S/C22H27N3O2/c1-4-21(26)24-17-12-10-16(11-13-17)23-19-14-15(3)25(22(27)5-2)20-9-7-6-8-18(19)20/h6-13,15,19,23H,4-5,14H2,1-3H3,(H,24,26)/t15-,19+/m0/s1. The number of rotatable bonds is 5. The number of fused-ring (bicyclic) bond motifs is 1. The summed E-state index contributed by atoms with van der Waals surface area (Å²) in [5.74, 6) is 0.163. The molecule has 0 aromatic heterocycles. The summed E-state index contributed by atoms with van der Waals surface area (Å²) in [4.78, 5) is 25.9. The number of amides is 2. The predicted molar refractivity (Wildman–Crippen MR) is 110 cm³/mol. The van der Waals surface area contributed by atoms with E-state index >= 15 is 0 Å². The number of hydrogen-bond acceptors (Lipinski definition) is 3. The Labute approximate surface area is 160 Å². The highest BCUT2D eigenvalue weighted by Gasteiger charge is 2.32. The quantitative estimate of drug-likeness (QED) is 0.806. The molecule has 2 atom stereocenters. The van der Waals surface area contributed by atoms with Gasteiger partial charge >= 0.3 is 0 Å². The van der Waals surface area contributed by atoms with Crippen LogP contribution in [0.3, 0.4) is 0 Å². The van der Waals surface area contributed by atoms with E-state index in [0.717, 1.165) is 29.0 Å². The highest BCUT2D eigenvalue weighted by atomic mass is 16.2. The van der Waals surface area contributed by atoms with Crippen LogP contribution in [0.2, 0.25) is 0 Å². The Balaban J connectivity index is 1.81. The van der Waals surface area contributed by atoms with Crippen LogP contribution in [0.1, 0.15) is 51.6 Å². The molecule has 5 heteroatoms. The minimum Gasteiger partial charge on any atom is -0.378 e. The first kappa shape index (κ1) is 19.0. The molecule has 2 amide bonds. The van der Waals surface area contributed by atoms with Crippen molar-refractivity contribution >= 4 is 28.9 Å². The summed E-state index contributed by atoms with van der Waals surface area (Å²) in [6, 6.07) is 16.1. The van der Waals surface area contributed by atoms with Crippen molar-refractivity contribution in [3.05, 3.63) is 54.1 Å². The molecular formula is C22H27N3O2. The Morgan fingerprint density at radius 2 is 1.67 bits per heavy atom. The Hall–Kier alpha value is -2.82. The number of carbonyl (C=O) groups excluding carboxylic acids is 2. The van der Waals surface area contributed by atoms with Crippen LogP contribution in [0.5, 0.6) is 0 Å². The van der Waals surface area contributed by atoms with Crippen molar-refractivity contribution in [2.45, 2.75) is 52.1 Å². The third-order valence-corrected chi connectivity index (χ3v) is 4.99. The van der Waals surface area contributed by atoms with Gasteiger partial charge in [-0.3, -0.25) is 9.59 Å². The lowest BCUT2D eigenvalue weighted by Crippen LogP contribution is -2.44. The van der Waals surface area contributed by atoms with Gasteiger partial charge in [0.15, 0.2) is 0 Å². The molecule has 2 N–H and O–H groups in total. The zero-order chi connectivity index (χ0) is 19.4. The normalized spacial score (nSPS) is 18.6. The molecular weight excluding hydrogens is 338 g/mol. The van der Waals surface area contributed by atoms with Crippen LogP contribution in [0, 0.1) is 0 Å². The molecule has 1 heterocycles. The van der Waals surface area contributed by atoms with Crippen LogP contribution in [0.25, 0.3) is 0 Å². The molecule has 2 aromatic carbocycles. The van der Waals surface area contributed by atoms with E-state index in [4.69, 9.17) is 0 Å². The highest BCUT2D eigenvalue weighted by Crippen LogP contribution is 2.39. The summed E-state index contributed by atoms with van der Waals surface area (Å²) in [5.41, 5.74) is 3.92. The van der Waals surface area contributed by atoms with Gasteiger partial charge in [-0.2, -0.15) is 0 Å². The van der Waals surface area contributed by atoms with Crippen LogP contribution < -0.4 is 15.5 Å². The van der Waals surface area contributed by atoms with Gasteiger partial charge in [0.2, 0.25) is 11.8 Å². The van der Waals surface area contributed by atoms with Crippen molar-refractivity contribution in [3.63, 3.8) is 0 Å². The van der Waals surface area contributed by atoms with Crippen LogP contribution in [0.15, 0.2) is 48.5 Å². The van der Waals surface area contributed by atoms with E-state index in [1.54, 1.807) is 0 Å². The molecule has 0 fully saturated rings. The monoisotopic (exact) mass is 365 g/mol. The van der Waals surface area contributed by atoms with Gasteiger partial charge in [0, 0.05) is 35.9 Å². The number of nitrogens with zero attached hydrogens (tertiary/aromatic N) is 1. The summed E-state index contributed by atoms with van der Waals surface area (Å²) in [5, 5.41) is 6.45. The van der Waals surface area contributed by atoms with Gasteiger partial charge in [-0.15, -0.1) is 0 Å². The molecule has 2 aromatic rings. The number of nitrogens with one attached hydrogen (secondary N) is 2. The summed E-state index contributed by atoms with van der Waals surface area (Å²) in [6.07, 6.45) is 1.81. The first-order chi connectivity index (χ1) is 13.0. The van der Waals surface area contributed by atoms with Gasteiger partial charge in [0.05, 0.1) is 6.04 Å². The van der Waals surface area contributed by atoms with Crippen LogP contribution in [0.4, 0.5) is 17.1 Å². The number of carbonyl (C=O) groups is 2. The maximum Gasteiger partial charge on any atom is 0.226 e. The van der Waals surface area contributed by atoms with E-state index in [9.17, 15) is 9.59 Å². The minimum atomic E-state index is 0.00595. The zero-order valence-corrected chi connectivity index (χ0v) is 16.2. The summed E-state index contributed by atoms with van der Waals surface area (Å²) < 4.78 is 0. The summed E-state index contributed by atoms with van der Waals surface area (Å²) in [6.45, 7) is 5.84. The Morgan fingerprint density at radius 3 is 2.33 bits per heavy atom. The van der Waals surface area contributed by atoms with Crippen molar-refractivity contribution in [1.29, 1.82) is 0 Å². The van der Waals surface area contributed by atoms with Crippen molar-refractivity contribution in [1.82, 2.24) is 0 Å². The van der Waals surface area contributed by atoms with Crippen molar-refractivity contribution in [2.24, 2.45) is 0 Å². The number of anilines is 3. The zero-order valence-electron chi connectivity index (χ0n) is 16.2. The maximum absolute atomic E-state index is 12.4. The summed E-state index contributed by atoms with van der Waals surface area (Å²) in [7, 11) is 0. The second-order valence-corrected chi connectivity index (χ2v) is 6.94. The maximum atomic E-state index is 12.4. The second-order valence-electron chi connectivity index (χ2n) is 6.94. The first-order valence-electron chi connectivity index (χ1n) is 9.60. The molecule has 5 nitrogen and oxygen atoms in total.